The summed E-state index contributed by atoms with van der Waals surface area (Å²) in [7, 11) is 0. The van der Waals surface area contributed by atoms with E-state index in [4.69, 9.17) is 21.7 Å². The lowest BCUT2D eigenvalue weighted by Crippen LogP contribution is -2.26. The molecule has 0 unspecified atom stereocenters. The Morgan fingerprint density at radius 3 is 1.50 bits per heavy atom. The Hall–Kier alpha value is -2.96. The highest BCUT2D eigenvalue weighted by molar-refractivity contribution is 5.91. The van der Waals surface area contributed by atoms with Gasteiger partial charge in [0, 0.05) is 16.7 Å². The summed E-state index contributed by atoms with van der Waals surface area (Å²) in [5, 5.41) is 17.2. The van der Waals surface area contributed by atoms with Crippen LogP contribution in [0.3, 0.4) is 0 Å². The minimum atomic E-state index is -0.876. The number of hydrogen-bond acceptors (Lipinski definition) is 4. The van der Waals surface area contributed by atoms with Crippen molar-refractivity contribution in [3.8, 4) is 0 Å². The molecule has 1 atom stereocenters. The molecule has 6 heteroatoms. The molecule has 0 saturated heterocycles. The van der Waals surface area contributed by atoms with Crippen LogP contribution in [0.5, 0.6) is 0 Å². The zero-order chi connectivity index (χ0) is 26.9. The molecule has 6 nitrogen and oxygen atoms in total. The summed E-state index contributed by atoms with van der Waals surface area (Å²) in [6.07, 6.45) is 2.25. The standard InChI is InChI=1S/C10H12O2.C10H10O2.2C4H11N/c2*1-8(10(11)12)7-9-5-3-2-4-6-9;2*1-4(2,3)5/h2-6,8H,7H2,1H3,(H,11,12);2-7H,1H3,(H,11,12);2*5H2,1-3H3/b;8-7+;;/t8-;;;/m1.../s1. The van der Waals surface area contributed by atoms with Gasteiger partial charge in [-0.05, 0) is 72.1 Å². The largest absolute Gasteiger partial charge is 0.481 e. The Bertz CT molecular complexity index is 825. The van der Waals surface area contributed by atoms with Crippen molar-refractivity contribution in [1.29, 1.82) is 0 Å². The molecular formula is C28H44N2O4. The summed E-state index contributed by atoms with van der Waals surface area (Å²) in [5.41, 5.74) is 13.0. The first kappa shape index (κ1) is 33.2. The summed E-state index contributed by atoms with van der Waals surface area (Å²) in [6.45, 7) is 15.1. The van der Waals surface area contributed by atoms with Crippen molar-refractivity contribution in [2.45, 2.75) is 72.9 Å². The van der Waals surface area contributed by atoms with Crippen molar-refractivity contribution in [1.82, 2.24) is 0 Å². The fourth-order valence-electron chi connectivity index (χ4n) is 1.92. The van der Waals surface area contributed by atoms with Gasteiger partial charge in [-0.3, -0.25) is 4.79 Å². The van der Waals surface area contributed by atoms with Gasteiger partial charge in [0.25, 0.3) is 0 Å². The van der Waals surface area contributed by atoms with Gasteiger partial charge in [-0.15, -0.1) is 0 Å². The first-order chi connectivity index (χ1) is 15.4. The minimum Gasteiger partial charge on any atom is -0.481 e. The third-order valence-electron chi connectivity index (χ3n) is 3.33. The van der Waals surface area contributed by atoms with Gasteiger partial charge in [0.05, 0.1) is 5.92 Å². The average Bonchev–Trinajstić information content (AvgIpc) is 2.67. The second-order valence-corrected chi connectivity index (χ2v) is 10.2. The number of hydrogen-bond donors (Lipinski definition) is 4. The van der Waals surface area contributed by atoms with Crippen LogP contribution in [0, 0.1) is 5.92 Å². The summed E-state index contributed by atoms with van der Waals surface area (Å²) >= 11 is 0. The maximum Gasteiger partial charge on any atom is 0.331 e. The molecule has 190 valence electrons. The molecule has 0 bridgehead atoms. The van der Waals surface area contributed by atoms with E-state index in [1.165, 1.54) is 0 Å². The molecule has 0 heterocycles. The van der Waals surface area contributed by atoms with Crippen molar-refractivity contribution < 1.29 is 19.8 Å². The van der Waals surface area contributed by atoms with E-state index in [1.807, 2.05) is 102 Å². The van der Waals surface area contributed by atoms with Gasteiger partial charge in [0.1, 0.15) is 0 Å². The zero-order valence-corrected chi connectivity index (χ0v) is 22.0. The number of carbonyl (C=O) groups is 2. The summed E-state index contributed by atoms with van der Waals surface area (Å²) < 4.78 is 0. The van der Waals surface area contributed by atoms with Crippen molar-refractivity contribution in [3.05, 3.63) is 77.4 Å². The fraction of sp³-hybridized carbons (Fsp3) is 0.429. The summed E-state index contributed by atoms with van der Waals surface area (Å²) in [4.78, 5) is 20.9. The molecule has 0 aliphatic heterocycles. The Kier molecular flexibility index (Phi) is 16.2. The Balaban J connectivity index is 0. The Labute approximate surface area is 205 Å². The molecule has 0 radical (unpaired) electrons. The Morgan fingerprint density at radius 1 is 0.824 bits per heavy atom. The Morgan fingerprint density at radius 2 is 1.18 bits per heavy atom. The van der Waals surface area contributed by atoms with Crippen molar-refractivity contribution >= 4 is 18.0 Å². The molecule has 0 aromatic heterocycles. The highest BCUT2D eigenvalue weighted by atomic mass is 16.4. The number of nitrogens with two attached hydrogens (primary N) is 2. The van der Waals surface area contributed by atoms with Crippen LogP contribution in [0.1, 0.15) is 66.5 Å². The minimum absolute atomic E-state index is 0. The summed E-state index contributed by atoms with van der Waals surface area (Å²) in [6, 6.07) is 19.0. The highest BCUT2D eigenvalue weighted by Crippen LogP contribution is 2.07. The molecule has 6 N–H and O–H groups in total. The van der Waals surface area contributed by atoms with E-state index in [-0.39, 0.29) is 17.0 Å². The molecule has 2 aromatic rings. The van der Waals surface area contributed by atoms with Crippen LogP contribution in [-0.2, 0) is 16.0 Å². The fourth-order valence-corrected chi connectivity index (χ4v) is 1.92. The number of rotatable bonds is 5. The highest BCUT2D eigenvalue weighted by Gasteiger charge is 2.10. The maximum absolute atomic E-state index is 10.5. The molecule has 0 spiro atoms. The molecular weight excluding hydrogens is 428 g/mol. The first-order valence-corrected chi connectivity index (χ1v) is 11.2. The van der Waals surface area contributed by atoms with Gasteiger partial charge in [0.2, 0.25) is 0 Å². The number of carboxylic acids is 2. The van der Waals surface area contributed by atoms with Crippen molar-refractivity contribution in [2.75, 3.05) is 0 Å². The number of aliphatic carboxylic acids is 2. The van der Waals surface area contributed by atoms with E-state index < -0.39 is 11.9 Å². The average molecular weight is 473 g/mol. The molecule has 0 aliphatic rings. The second kappa shape index (κ2) is 16.6. The zero-order valence-electron chi connectivity index (χ0n) is 22.0. The molecule has 2 aromatic carbocycles. The monoisotopic (exact) mass is 472 g/mol. The van der Waals surface area contributed by atoms with E-state index in [2.05, 4.69) is 0 Å². The van der Waals surface area contributed by atoms with E-state index >= 15 is 0 Å². The topological polar surface area (TPSA) is 127 Å². The summed E-state index contributed by atoms with van der Waals surface area (Å²) in [5.74, 6) is -1.91. The van der Waals surface area contributed by atoms with Crippen LogP contribution in [0.4, 0.5) is 0 Å². The third kappa shape index (κ3) is 27.1. The van der Waals surface area contributed by atoms with E-state index in [0.717, 1.165) is 11.1 Å². The quantitative estimate of drug-likeness (QED) is 0.419. The smallest absolute Gasteiger partial charge is 0.331 e. The van der Waals surface area contributed by atoms with Crippen molar-refractivity contribution in [2.24, 2.45) is 17.4 Å². The molecule has 2 rings (SSSR count). The van der Waals surface area contributed by atoms with Crippen LogP contribution in [-0.4, -0.2) is 33.2 Å². The molecule has 34 heavy (non-hydrogen) atoms. The SMILES string of the molecule is C/C(=C\c1ccccc1)C(=O)O.CC(C)(C)N.CC(C)(C)N.C[C@H](Cc1ccccc1)C(=O)O. The van der Waals surface area contributed by atoms with E-state index in [9.17, 15) is 9.59 Å². The van der Waals surface area contributed by atoms with Crippen LogP contribution in [0.15, 0.2) is 66.2 Å². The second-order valence-electron chi connectivity index (χ2n) is 10.2. The predicted octanol–water partition coefficient (Wildman–Crippen LogP) is 5.61. The van der Waals surface area contributed by atoms with Crippen LogP contribution in [0.2, 0.25) is 0 Å². The van der Waals surface area contributed by atoms with Gasteiger partial charge in [-0.1, -0.05) is 67.6 Å². The lowest BCUT2D eigenvalue weighted by Gasteiger charge is -2.06. The van der Waals surface area contributed by atoms with Crippen LogP contribution >= 0.6 is 0 Å². The molecule has 0 aliphatic carbocycles. The van der Waals surface area contributed by atoms with Gasteiger partial charge in [-0.25, -0.2) is 4.79 Å². The van der Waals surface area contributed by atoms with E-state index in [1.54, 1.807) is 19.9 Å². The van der Waals surface area contributed by atoms with Gasteiger partial charge >= 0.3 is 11.9 Å². The van der Waals surface area contributed by atoms with Crippen LogP contribution < -0.4 is 11.5 Å². The van der Waals surface area contributed by atoms with Crippen molar-refractivity contribution in [3.63, 3.8) is 0 Å². The predicted molar refractivity (Wildman–Crippen MR) is 143 cm³/mol. The maximum atomic E-state index is 10.5. The van der Waals surface area contributed by atoms with Gasteiger partial charge < -0.3 is 21.7 Å². The van der Waals surface area contributed by atoms with Crippen LogP contribution in [0.25, 0.3) is 6.08 Å². The first-order valence-electron chi connectivity index (χ1n) is 11.2. The number of carboxylic acid groups (broad SMARTS) is 2. The van der Waals surface area contributed by atoms with Gasteiger partial charge in [-0.2, -0.15) is 0 Å². The molecule has 0 saturated carbocycles. The number of benzene rings is 2. The normalized spacial score (nSPS) is 11.9. The van der Waals surface area contributed by atoms with E-state index in [0.29, 0.717) is 12.0 Å². The lowest BCUT2D eigenvalue weighted by molar-refractivity contribution is -0.141. The lowest BCUT2D eigenvalue weighted by atomic mass is 10.0. The molecule has 0 fully saturated rings. The third-order valence-corrected chi connectivity index (χ3v) is 3.33. The molecule has 0 amide bonds. The van der Waals surface area contributed by atoms with Gasteiger partial charge in [0.15, 0.2) is 0 Å².